The second kappa shape index (κ2) is 6.60. The molecule has 0 bridgehead atoms. The van der Waals surface area contributed by atoms with E-state index in [2.05, 4.69) is 10.3 Å². The van der Waals surface area contributed by atoms with Crippen LogP contribution in [-0.2, 0) is 0 Å². The lowest BCUT2D eigenvalue weighted by molar-refractivity contribution is 0.0690. The van der Waals surface area contributed by atoms with Crippen molar-refractivity contribution >= 4 is 40.9 Å². The summed E-state index contributed by atoms with van der Waals surface area (Å²) in [6.45, 7) is 0. The molecule has 0 atom stereocenters. The van der Waals surface area contributed by atoms with E-state index in [-0.39, 0.29) is 11.6 Å². The predicted molar refractivity (Wildman–Crippen MR) is 82.4 cm³/mol. The van der Waals surface area contributed by atoms with Gasteiger partial charge in [-0.25, -0.2) is 9.78 Å². The van der Waals surface area contributed by atoms with Crippen LogP contribution in [0.25, 0.3) is 0 Å². The third-order valence-corrected chi connectivity index (χ3v) is 3.71. The normalized spacial score (nSPS) is 10.2. The monoisotopic (exact) mass is 322 g/mol. The first-order chi connectivity index (χ1) is 10.0. The van der Waals surface area contributed by atoms with E-state index in [9.17, 15) is 9.59 Å². The molecule has 0 aliphatic carbocycles. The molecule has 21 heavy (non-hydrogen) atoms. The number of hydrogen-bond donors (Lipinski definition) is 2. The highest BCUT2D eigenvalue weighted by atomic mass is 35.5. The fraction of sp³-hybridized carbons (Fsp3) is 0.0714. The van der Waals surface area contributed by atoms with E-state index in [1.807, 2.05) is 12.3 Å². The minimum Gasteiger partial charge on any atom is -0.477 e. The summed E-state index contributed by atoms with van der Waals surface area (Å²) < 4.78 is 0. The summed E-state index contributed by atoms with van der Waals surface area (Å²) in [7, 11) is 0. The molecule has 0 saturated carbocycles. The average Bonchev–Trinajstić information content (AvgIpc) is 2.48. The third kappa shape index (κ3) is 3.74. The molecule has 0 saturated heterocycles. The molecule has 0 fully saturated rings. The number of nitrogens with zero attached hydrogens (tertiary/aromatic N) is 1. The number of rotatable bonds is 4. The summed E-state index contributed by atoms with van der Waals surface area (Å²) in [4.78, 5) is 27.5. The Morgan fingerprint density at radius 2 is 2.05 bits per heavy atom. The van der Waals surface area contributed by atoms with Crippen molar-refractivity contribution in [1.82, 2.24) is 4.98 Å². The van der Waals surface area contributed by atoms with Crippen LogP contribution in [0, 0.1) is 0 Å². The van der Waals surface area contributed by atoms with Gasteiger partial charge in [-0.3, -0.25) is 4.79 Å². The molecule has 0 aliphatic rings. The Morgan fingerprint density at radius 3 is 2.62 bits per heavy atom. The molecule has 1 aromatic heterocycles. The fourth-order valence-corrected chi connectivity index (χ4v) is 2.24. The van der Waals surface area contributed by atoms with Gasteiger partial charge in [0.05, 0.1) is 22.5 Å². The first-order valence-corrected chi connectivity index (χ1v) is 7.46. The second-order valence-electron chi connectivity index (χ2n) is 4.04. The van der Waals surface area contributed by atoms with Gasteiger partial charge in [0, 0.05) is 4.90 Å². The SMILES string of the molecule is CSc1ccc(Cl)c(C(=O)Nc2ccc(C(=O)O)nc2)c1. The molecule has 2 N–H and O–H groups in total. The Hall–Kier alpha value is -2.05. The van der Waals surface area contributed by atoms with Crippen molar-refractivity contribution in [2.45, 2.75) is 4.90 Å². The van der Waals surface area contributed by atoms with Gasteiger partial charge in [-0.2, -0.15) is 0 Å². The molecule has 5 nitrogen and oxygen atoms in total. The van der Waals surface area contributed by atoms with E-state index in [1.165, 1.54) is 30.1 Å². The minimum absolute atomic E-state index is 0.0876. The Kier molecular flexibility index (Phi) is 4.82. The van der Waals surface area contributed by atoms with E-state index >= 15 is 0 Å². The van der Waals surface area contributed by atoms with Gasteiger partial charge in [-0.1, -0.05) is 11.6 Å². The number of carbonyl (C=O) groups is 2. The molecule has 0 unspecified atom stereocenters. The number of amides is 1. The lowest BCUT2D eigenvalue weighted by Crippen LogP contribution is -2.13. The Bertz CT molecular complexity index is 689. The quantitative estimate of drug-likeness (QED) is 0.843. The summed E-state index contributed by atoms with van der Waals surface area (Å²) >= 11 is 7.52. The van der Waals surface area contributed by atoms with E-state index in [4.69, 9.17) is 16.7 Å². The molecule has 0 spiro atoms. The van der Waals surface area contributed by atoms with Gasteiger partial charge in [-0.05, 0) is 36.6 Å². The van der Waals surface area contributed by atoms with Crippen LogP contribution in [0.5, 0.6) is 0 Å². The minimum atomic E-state index is -1.12. The molecule has 1 aromatic carbocycles. The maximum Gasteiger partial charge on any atom is 0.354 e. The number of carboxylic acid groups (broad SMARTS) is 1. The Labute approximate surface area is 130 Å². The first kappa shape index (κ1) is 15.3. The molecule has 7 heteroatoms. The number of carboxylic acids is 1. The number of hydrogen-bond acceptors (Lipinski definition) is 4. The van der Waals surface area contributed by atoms with Crippen molar-refractivity contribution in [2.75, 3.05) is 11.6 Å². The number of thioether (sulfide) groups is 1. The van der Waals surface area contributed by atoms with Crippen LogP contribution in [0.4, 0.5) is 5.69 Å². The molecular weight excluding hydrogens is 312 g/mol. The summed E-state index contributed by atoms with van der Waals surface area (Å²) in [5, 5.41) is 11.7. The van der Waals surface area contributed by atoms with E-state index in [0.29, 0.717) is 16.3 Å². The van der Waals surface area contributed by atoms with Crippen molar-refractivity contribution < 1.29 is 14.7 Å². The van der Waals surface area contributed by atoms with E-state index in [0.717, 1.165) is 4.90 Å². The summed E-state index contributed by atoms with van der Waals surface area (Å²) in [5.74, 6) is -1.50. The lowest BCUT2D eigenvalue weighted by atomic mass is 10.2. The maximum absolute atomic E-state index is 12.2. The van der Waals surface area contributed by atoms with Gasteiger partial charge in [0.2, 0.25) is 0 Å². The van der Waals surface area contributed by atoms with Gasteiger partial charge >= 0.3 is 5.97 Å². The largest absolute Gasteiger partial charge is 0.477 e. The fourth-order valence-electron chi connectivity index (χ4n) is 1.60. The lowest BCUT2D eigenvalue weighted by Gasteiger charge is -2.08. The van der Waals surface area contributed by atoms with Crippen LogP contribution in [0.15, 0.2) is 41.4 Å². The molecule has 0 radical (unpaired) electrons. The van der Waals surface area contributed by atoms with Gasteiger partial charge in [-0.15, -0.1) is 11.8 Å². The van der Waals surface area contributed by atoms with Crippen LogP contribution >= 0.6 is 23.4 Å². The number of aromatic nitrogens is 1. The number of pyridine rings is 1. The highest BCUT2D eigenvalue weighted by Gasteiger charge is 2.12. The van der Waals surface area contributed by atoms with Crippen molar-refractivity contribution in [3.05, 3.63) is 52.8 Å². The highest BCUT2D eigenvalue weighted by molar-refractivity contribution is 7.98. The van der Waals surface area contributed by atoms with Gasteiger partial charge < -0.3 is 10.4 Å². The smallest absolute Gasteiger partial charge is 0.354 e. The number of halogens is 1. The number of anilines is 1. The Balaban J connectivity index is 2.19. The molecular formula is C14H11ClN2O3S. The van der Waals surface area contributed by atoms with E-state index in [1.54, 1.807) is 12.1 Å². The highest BCUT2D eigenvalue weighted by Crippen LogP contribution is 2.23. The van der Waals surface area contributed by atoms with Crippen LogP contribution in [0.1, 0.15) is 20.8 Å². The number of benzene rings is 1. The zero-order valence-electron chi connectivity index (χ0n) is 11.0. The van der Waals surface area contributed by atoms with Crippen molar-refractivity contribution in [3.63, 3.8) is 0 Å². The number of nitrogens with one attached hydrogen (secondary N) is 1. The zero-order chi connectivity index (χ0) is 15.4. The van der Waals surface area contributed by atoms with Gasteiger partial charge in [0.15, 0.2) is 0 Å². The van der Waals surface area contributed by atoms with Crippen LogP contribution in [-0.4, -0.2) is 28.2 Å². The molecule has 0 aliphatic heterocycles. The Morgan fingerprint density at radius 1 is 1.29 bits per heavy atom. The van der Waals surface area contributed by atoms with Crippen LogP contribution in [0.3, 0.4) is 0 Å². The molecule has 1 amide bonds. The third-order valence-electron chi connectivity index (χ3n) is 2.66. The first-order valence-electron chi connectivity index (χ1n) is 5.85. The predicted octanol–water partition coefficient (Wildman–Crippen LogP) is 3.41. The molecule has 2 rings (SSSR count). The number of aromatic carboxylic acids is 1. The zero-order valence-corrected chi connectivity index (χ0v) is 12.5. The van der Waals surface area contributed by atoms with E-state index < -0.39 is 5.97 Å². The summed E-state index contributed by atoms with van der Waals surface area (Å²) in [5.41, 5.74) is 0.664. The maximum atomic E-state index is 12.2. The summed E-state index contributed by atoms with van der Waals surface area (Å²) in [6, 6.07) is 7.97. The average molecular weight is 323 g/mol. The van der Waals surface area contributed by atoms with Gasteiger partial charge in [0.1, 0.15) is 5.69 Å². The molecule has 108 valence electrons. The second-order valence-corrected chi connectivity index (χ2v) is 5.32. The van der Waals surface area contributed by atoms with Crippen molar-refractivity contribution in [1.29, 1.82) is 0 Å². The number of carbonyl (C=O) groups excluding carboxylic acids is 1. The van der Waals surface area contributed by atoms with Crippen LogP contribution < -0.4 is 5.32 Å². The topological polar surface area (TPSA) is 79.3 Å². The van der Waals surface area contributed by atoms with Gasteiger partial charge in [0.25, 0.3) is 5.91 Å². The molecule has 1 heterocycles. The van der Waals surface area contributed by atoms with Crippen LogP contribution in [0.2, 0.25) is 5.02 Å². The summed E-state index contributed by atoms with van der Waals surface area (Å²) in [6.07, 6.45) is 3.19. The molecule has 2 aromatic rings. The van der Waals surface area contributed by atoms with Crippen molar-refractivity contribution in [2.24, 2.45) is 0 Å². The van der Waals surface area contributed by atoms with Crippen molar-refractivity contribution in [3.8, 4) is 0 Å². The standard InChI is InChI=1S/C14H11ClN2O3S/c1-21-9-3-4-11(15)10(6-9)13(18)17-8-2-5-12(14(19)20)16-7-8/h2-7H,1H3,(H,17,18)(H,19,20).